The number of ether oxygens (including phenoxy) is 2. The average Bonchev–Trinajstić information content (AvgIpc) is 3.26. The van der Waals surface area contributed by atoms with Crippen LogP contribution in [-0.2, 0) is 19.1 Å². The third-order valence-corrected chi connectivity index (χ3v) is 9.07. The second-order valence-corrected chi connectivity index (χ2v) is 11.4. The maximum Gasteiger partial charge on any atom is 0.249 e. The average molecular weight is 566 g/mol. The van der Waals surface area contributed by atoms with Crippen molar-refractivity contribution in [1.82, 2.24) is 9.80 Å². The first-order valence-corrected chi connectivity index (χ1v) is 15.2. The number of anilines is 1. The van der Waals surface area contributed by atoms with Crippen LogP contribution in [-0.4, -0.2) is 89.3 Å². The van der Waals surface area contributed by atoms with Gasteiger partial charge in [-0.2, -0.15) is 0 Å². The highest BCUT2D eigenvalue weighted by Crippen LogP contribution is 2.58. The number of carbonyl (C=O) groups excluding carboxylic acids is 3. The molecule has 5 atom stereocenters. The van der Waals surface area contributed by atoms with Gasteiger partial charge in [0.2, 0.25) is 17.7 Å². The van der Waals surface area contributed by atoms with E-state index in [2.05, 4.69) is 6.92 Å². The van der Waals surface area contributed by atoms with E-state index in [1.54, 1.807) is 9.80 Å². The Kier molecular flexibility index (Phi) is 8.57. The standard InChI is InChI=1S/C32H43N3O6/c1-4-7-8-18-33-19-10-17-32-26(29(38)35(21-11-22-36)27(32)30(33)39)25-28(37)34(20-9-16-31(25,5-2)41-32)23-12-14-24(15-13-23)40-6-3/h9-10,12-17,25-27,36H,4-8,11,18-22H2,1-3H3/t25-,26+,27?,31+,32+/m1/s1. The van der Waals surface area contributed by atoms with Crippen LogP contribution in [0.1, 0.15) is 52.9 Å². The molecule has 1 aromatic rings. The van der Waals surface area contributed by atoms with Crippen LogP contribution in [0.3, 0.4) is 0 Å². The fraction of sp³-hybridized carbons (Fsp3) is 0.594. The number of nitrogens with zero attached hydrogens (tertiary/aromatic N) is 3. The van der Waals surface area contributed by atoms with Gasteiger partial charge >= 0.3 is 0 Å². The van der Waals surface area contributed by atoms with Gasteiger partial charge in [-0.05, 0) is 50.5 Å². The number of rotatable bonds is 11. The Morgan fingerprint density at radius 3 is 2.34 bits per heavy atom. The van der Waals surface area contributed by atoms with E-state index in [-0.39, 0.29) is 30.9 Å². The number of amides is 3. The Hall–Kier alpha value is -3.17. The highest BCUT2D eigenvalue weighted by Gasteiger charge is 2.75. The molecule has 0 radical (unpaired) electrons. The van der Waals surface area contributed by atoms with E-state index in [1.807, 2.05) is 67.3 Å². The van der Waals surface area contributed by atoms with E-state index >= 15 is 0 Å². The highest BCUT2D eigenvalue weighted by atomic mass is 16.5. The fourth-order valence-corrected chi connectivity index (χ4v) is 7.16. The maximum absolute atomic E-state index is 14.5. The first-order valence-electron chi connectivity index (χ1n) is 15.2. The van der Waals surface area contributed by atoms with Crippen molar-refractivity contribution < 1.29 is 29.0 Å². The molecule has 9 nitrogen and oxygen atoms in total. The molecule has 2 saturated heterocycles. The van der Waals surface area contributed by atoms with Gasteiger partial charge in [0.25, 0.3) is 0 Å². The van der Waals surface area contributed by atoms with Gasteiger partial charge in [-0.1, -0.05) is 51.0 Å². The zero-order valence-corrected chi connectivity index (χ0v) is 24.5. The van der Waals surface area contributed by atoms with Crippen LogP contribution in [0.25, 0.3) is 0 Å². The molecule has 0 bridgehead atoms. The van der Waals surface area contributed by atoms with E-state index in [0.29, 0.717) is 44.8 Å². The largest absolute Gasteiger partial charge is 0.494 e. The Morgan fingerprint density at radius 1 is 0.902 bits per heavy atom. The molecule has 0 aromatic heterocycles. The molecule has 5 rings (SSSR count). The summed E-state index contributed by atoms with van der Waals surface area (Å²) in [5.74, 6) is -1.55. The summed E-state index contributed by atoms with van der Waals surface area (Å²) >= 11 is 0. The topological polar surface area (TPSA) is 99.6 Å². The zero-order valence-electron chi connectivity index (χ0n) is 24.5. The van der Waals surface area contributed by atoms with E-state index < -0.39 is 29.1 Å². The van der Waals surface area contributed by atoms with Crippen LogP contribution in [0.2, 0.25) is 0 Å². The summed E-state index contributed by atoms with van der Waals surface area (Å²) in [6, 6.07) is 6.51. The van der Waals surface area contributed by atoms with Crippen LogP contribution < -0.4 is 9.64 Å². The van der Waals surface area contributed by atoms with Gasteiger partial charge < -0.3 is 29.3 Å². The van der Waals surface area contributed by atoms with Crippen molar-refractivity contribution in [3.8, 4) is 5.75 Å². The molecule has 9 heteroatoms. The molecule has 41 heavy (non-hydrogen) atoms. The van der Waals surface area contributed by atoms with Gasteiger partial charge in [0, 0.05) is 38.5 Å². The van der Waals surface area contributed by atoms with Crippen molar-refractivity contribution in [3.63, 3.8) is 0 Å². The first kappa shape index (κ1) is 29.3. The van der Waals surface area contributed by atoms with Crippen LogP contribution in [0.5, 0.6) is 5.75 Å². The lowest BCUT2D eigenvalue weighted by Crippen LogP contribution is -2.56. The van der Waals surface area contributed by atoms with Crippen LogP contribution in [0.15, 0.2) is 48.6 Å². The molecular weight excluding hydrogens is 522 g/mol. The van der Waals surface area contributed by atoms with Crippen molar-refractivity contribution in [3.05, 3.63) is 48.6 Å². The maximum atomic E-state index is 14.5. The summed E-state index contributed by atoms with van der Waals surface area (Å²) in [5, 5.41) is 9.63. The third kappa shape index (κ3) is 4.87. The quantitative estimate of drug-likeness (QED) is 0.327. The van der Waals surface area contributed by atoms with Crippen molar-refractivity contribution in [1.29, 1.82) is 0 Å². The van der Waals surface area contributed by atoms with E-state index in [4.69, 9.17) is 9.47 Å². The smallest absolute Gasteiger partial charge is 0.249 e. The number of benzene rings is 1. The number of hydrogen-bond donors (Lipinski definition) is 1. The molecule has 4 aliphatic heterocycles. The van der Waals surface area contributed by atoms with Gasteiger partial charge in [-0.25, -0.2) is 0 Å². The summed E-state index contributed by atoms with van der Waals surface area (Å²) in [4.78, 5) is 48.2. The van der Waals surface area contributed by atoms with Crippen LogP contribution >= 0.6 is 0 Å². The Morgan fingerprint density at radius 2 is 1.66 bits per heavy atom. The lowest BCUT2D eigenvalue weighted by atomic mass is 9.73. The minimum Gasteiger partial charge on any atom is -0.494 e. The SMILES string of the molecule is CCCCCN1CC=C[C@]23O[C@@]4(CC)C=CCN(c5ccc(OCC)cc5)C(=O)[C@H]4[C@H]2C(=O)N(CCCO)C3C1=O. The number of fused-ring (bicyclic) bond motifs is 2. The van der Waals surface area contributed by atoms with E-state index in [1.165, 1.54) is 0 Å². The van der Waals surface area contributed by atoms with Crippen LogP contribution in [0.4, 0.5) is 5.69 Å². The van der Waals surface area contributed by atoms with E-state index in [9.17, 15) is 19.5 Å². The third-order valence-electron chi connectivity index (χ3n) is 9.07. The molecule has 3 amide bonds. The van der Waals surface area contributed by atoms with Gasteiger partial charge in [-0.15, -0.1) is 0 Å². The minimum absolute atomic E-state index is 0.102. The number of unbranched alkanes of at least 4 members (excludes halogenated alkanes) is 2. The lowest BCUT2D eigenvalue weighted by molar-refractivity contribution is -0.152. The van der Waals surface area contributed by atoms with Crippen molar-refractivity contribution in [2.45, 2.75) is 70.1 Å². The van der Waals surface area contributed by atoms with Crippen LogP contribution in [0, 0.1) is 11.8 Å². The van der Waals surface area contributed by atoms with Gasteiger partial charge in [0.15, 0.2) is 0 Å². The number of likely N-dealkylation sites (tertiary alicyclic amines) is 1. The predicted octanol–water partition coefficient (Wildman–Crippen LogP) is 3.32. The van der Waals surface area contributed by atoms with Gasteiger partial charge in [-0.3, -0.25) is 14.4 Å². The van der Waals surface area contributed by atoms with E-state index in [0.717, 1.165) is 25.0 Å². The monoisotopic (exact) mass is 565 g/mol. The molecular formula is C32H43N3O6. The molecule has 0 saturated carbocycles. The van der Waals surface area contributed by atoms with Gasteiger partial charge in [0.05, 0.1) is 24.0 Å². The summed E-state index contributed by atoms with van der Waals surface area (Å²) < 4.78 is 12.6. The molecule has 1 spiro atoms. The summed E-state index contributed by atoms with van der Waals surface area (Å²) in [6.45, 7) is 8.07. The molecule has 4 aliphatic rings. The summed E-state index contributed by atoms with van der Waals surface area (Å²) in [5.41, 5.74) is -1.59. The minimum atomic E-state index is -1.27. The molecule has 1 aromatic carbocycles. The number of hydrogen-bond acceptors (Lipinski definition) is 6. The lowest BCUT2D eigenvalue weighted by Gasteiger charge is -2.38. The predicted molar refractivity (Wildman–Crippen MR) is 155 cm³/mol. The van der Waals surface area contributed by atoms with Crippen molar-refractivity contribution in [2.24, 2.45) is 11.8 Å². The fourth-order valence-electron chi connectivity index (χ4n) is 7.16. The van der Waals surface area contributed by atoms with Crippen molar-refractivity contribution >= 4 is 23.4 Å². The second kappa shape index (κ2) is 12.0. The molecule has 222 valence electrons. The molecule has 4 heterocycles. The summed E-state index contributed by atoms with van der Waals surface area (Å²) in [7, 11) is 0. The molecule has 1 N–H and O–H groups in total. The molecule has 1 unspecified atom stereocenters. The molecule has 2 fully saturated rings. The highest BCUT2D eigenvalue weighted by molar-refractivity contribution is 6.04. The second-order valence-electron chi connectivity index (χ2n) is 11.4. The Labute approximate surface area is 242 Å². The van der Waals surface area contributed by atoms with Crippen molar-refractivity contribution in [2.75, 3.05) is 44.3 Å². The Balaban J connectivity index is 1.57. The number of aliphatic hydroxyl groups excluding tert-OH is 1. The number of carbonyl (C=O) groups is 3. The normalized spacial score (nSPS) is 30.8. The summed E-state index contributed by atoms with van der Waals surface area (Å²) in [6.07, 6.45) is 11.5. The molecule has 0 aliphatic carbocycles. The first-order chi connectivity index (χ1) is 19.9. The number of aliphatic hydroxyl groups is 1. The zero-order chi connectivity index (χ0) is 29.2. The van der Waals surface area contributed by atoms with Gasteiger partial charge in [0.1, 0.15) is 17.4 Å². The Bertz CT molecular complexity index is 1200.